The normalized spacial score (nSPS) is 10.8. The molecule has 0 radical (unpaired) electrons. The van der Waals surface area contributed by atoms with E-state index in [2.05, 4.69) is 149 Å². The Kier molecular flexibility index (Phi) is 6.69. The first kappa shape index (κ1) is 23.6. The van der Waals surface area contributed by atoms with Gasteiger partial charge >= 0.3 is 0 Å². The lowest BCUT2D eigenvalue weighted by molar-refractivity contribution is 1.41. The van der Waals surface area contributed by atoms with Gasteiger partial charge in [0.05, 0.1) is 0 Å². The summed E-state index contributed by atoms with van der Waals surface area (Å²) in [5.41, 5.74) is 10.7. The van der Waals surface area contributed by atoms with Crippen molar-refractivity contribution in [3.05, 3.63) is 144 Å². The third-order valence-corrected chi connectivity index (χ3v) is 7.11. The van der Waals surface area contributed by atoms with Gasteiger partial charge < -0.3 is 0 Å². The smallest absolute Gasteiger partial charge is 0.00672 e. The van der Waals surface area contributed by atoms with E-state index in [-0.39, 0.29) is 0 Å². The largest absolute Gasteiger partial charge is 0.0620 e. The third kappa shape index (κ3) is 4.55. The summed E-state index contributed by atoms with van der Waals surface area (Å²) in [6, 6.07) is 43.2. The zero-order valence-electron chi connectivity index (χ0n) is 21.5. The minimum atomic E-state index is 1.30. The Bertz CT molecular complexity index is 1540. The molecule has 0 nitrogen and oxygen atoms in total. The Labute approximate surface area is 214 Å². The van der Waals surface area contributed by atoms with E-state index in [1.54, 1.807) is 0 Å². The second-order valence-corrected chi connectivity index (χ2v) is 9.59. The van der Waals surface area contributed by atoms with Gasteiger partial charge in [0.15, 0.2) is 0 Å². The molecule has 0 spiro atoms. The molecule has 0 fully saturated rings. The number of rotatable bonds is 2. The van der Waals surface area contributed by atoms with Crippen molar-refractivity contribution in [2.45, 2.75) is 27.7 Å². The predicted molar refractivity (Wildman–Crippen MR) is 158 cm³/mol. The fourth-order valence-corrected chi connectivity index (χ4v) is 5.17. The predicted octanol–water partition coefficient (Wildman–Crippen LogP) is 10.2. The Morgan fingerprint density at radius 2 is 0.667 bits per heavy atom. The van der Waals surface area contributed by atoms with Gasteiger partial charge in [-0.15, -0.1) is 0 Å². The molecule has 0 aliphatic rings. The zero-order valence-corrected chi connectivity index (χ0v) is 21.5. The number of aryl methyl sites for hydroxylation is 4. The van der Waals surface area contributed by atoms with Crippen LogP contribution in [0.4, 0.5) is 0 Å². The molecular weight excluding hydrogens is 432 g/mol. The summed E-state index contributed by atoms with van der Waals surface area (Å²) in [7, 11) is 0. The van der Waals surface area contributed by atoms with Gasteiger partial charge in [0, 0.05) is 0 Å². The SMILES string of the molecule is Cc1ccc2ccccc2c1-c1c(C)ccc2ccccc12.Cc1ccccc1-c1ccccc1C. The van der Waals surface area contributed by atoms with E-state index >= 15 is 0 Å². The van der Waals surface area contributed by atoms with Crippen molar-refractivity contribution in [1.82, 2.24) is 0 Å². The molecule has 0 atom stereocenters. The lowest BCUT2D eigenvalue weighted by Crippen LogP contribution is -1.91. The first-order valence-corrected chi connectivity index (χ1v) is 12.6. The van der Waals surface area contributed by atoms with Crippen molar-refractivity contribution < 1.29 is 0 Å². The second-order valence-electron chi connectivity index (χ2n) is 9.59. The monoisotopic (exact) mass is 464 g/mol. The lowest BCUT2D eigenvalue weighted by Gasteiger charge is -2.16. The summed E-state index contributed by atoms with van der Waals surface area (Å²) in [6.45, 7) is 8.73. The van der Waals surface area contributed by atoms with E-state index in [1.807, 2.05) is 0 Å². The topological polar surface area (TPSA) is 0 Å². The number of hydrogen-bond acceptors (Lipinski definition) is 0. The Hall–Kier alpha value is -4.16. The van der Waals surface area contributed by atoms with Gasteiger partial charge in [-0.25, -0.2) is 0 Å². The third-order valence-electron chi connectivity index (χ3n) is 7.11. The fourth-order valence-electron chi connectivity index (χ4n) is 5.17. The lowest BCUT2D eigenvalue weighted by atomic mass is 9.88. The summed E-state index contributed by atoms with van der Waals surface area (Å²) in [5, 5.41) is 5.27. The van der Waals surface area contributed by atoms with E-state index in [0.717, 1.165) is 0 Å². The molecule has 36 heavy (non-hydrogen) atoms. The summed E-state index contributed by atoms with van der Waals surface area (Å²) < 4.78 is 0. The minimum Gasteiger partial charge on any atom is -0.0620 e. The van der Waals surface area contributed by atoms with Crippen LogP contribution in [0, 0.1) is 27.7 Å². The molecule has 0 heteroatoms. The fraction of sp³-hybridized carbons (Fsp3) is 0.111. The molecule has 0 unspecified atom stereocenters. The molecule has 0 aliphatic carbocycles. The van der Waals surface area contributed by atoms with E-state index in [0.29, 0.717) is 0 Å². The van der Waals surface area contributed by atoms with Crippen molar-refractivity contribution in [3.63, 3.8) is 0 Å². The van der Waals surface area contributed by atoms with Crippen LogP contribution in [-0.2, 0) is 0 Å². The maximum atomic E-state index is 2.24. The number of hydrogen-bond donors (Lipinski definition) is 0. The average Bonchev–Trinajstić information content (AvgIpc) is 2.90. The van der Waals surface area contributed by atoms with Crippen LogP contribution in [0.25, 0.3) is 43.8 Å². The Morgan fingerprint density at radius 1 is 0.306 bits per heavy atom. The molecule has 0 aromatic heterocycles. The van der Waals surface area contributed by atoms with Gasteiger partial charge in [-0.1, -0.05) is 121 Å². The molecule has 6 aromatic rings. The molecule has 0 heterocycles. The highest BCUT2D eigenvalue weighted by Crippen LogP contribution is 2.38. The average molecular weight is 465 g/mol. The van der Waals surface area contributed by atoms with E-state index in [1.165, 1.54) is 66.1 Å². The highest BCUT2D eigenvalue weighted by Gasteiger charge is 2.12. The molecule has 0 N–H and O–H groups in total. The minimum absolute atomic E-state index is 1.30. The van der Waals surface area contributed by atoms with Crippen LogP contribution >= 0.6 is 0 Å². The summed E-state index contributed by atoms with van der Waals surface area (Å²) in [4.78, 5) is 0. The first-order chi connectivity index (χ1) is 17.5. The van der Waals surface area contributed by atoms with Gasteiger partial charge in [0.2, 0.25) is 0 Å². The van der Waals surface area contributed by atoms with Crippen molar-refractivity contribution in [1.29, 1.82) is 0 Å². The zero-order chi connectivity index (χ0) is 25.1. The van der Waals surface area contributed by atoms with Crippen LogP contribution < -0.4 is 0 Å². The van der Waals surface area contributed by atoms with Crippen LogP contribution in [0.5, 0.6) is 0 Å². The summed E-state index contributed by atoms with van der Waals surface area (Å²) >= 11 is 0. The summed E-state index contributed by atoms with van der Waals surface area (Å²) in [5.74, 6) is 0. The van der Waals surface area contributed by atoms with Gasteiger partial charge in [0.25, 0.3) is 0 Å². The molecule has 0 saturated heterocycles. The maximum Gasteiger partial charge on any atom is -0.00672 e. The van der Waals surface area contributed by atoms with Crippen molar-refractivity contribution >= 4 is 21.5 Å². The molecule has 6 rings (SSSR count). The van der Waals surface area contributed by atoms with Crippen molar-refractivity contribution in [2.24, 2.45) is 0 Å². The molecule has 0 bridgehead atoms. The van der Waals surface area contributed by atoms with Crippen LogP contribution in [-0.4, -0.2) is 0 Å². The Morgan fingerprint density at radius 3 is 1.08 bits per heavy atom. The molecule has 0 aliphatic heterocycles. The molecule has 0 amide bonds. The van der Waals surface area contributed by atoms with Crippen LogP contribution in [0.1, 0.15) is 22.3 Å². The highest BCUT2D eigenvalue weighted by molar-refractivity contribution is 6.07. The highest BCUT2D eigenvalue weighted by atomic mass is 14.2. The standard InChI is InChI=1S/C22H18.C14H14/c1-15-11-13-17-7-3-5-9-19(17)21(15)22-16(2)12-14-18-8-4-6-10-20(18)22;1-11-7-3-5-9-13(11)14-10-6-4-8-12(14)2/h3-14H,1-2H3;3-10H,1-2H3. The quantitative estimate of drug-likeness (QED) is 0.239. The first-order valence-electron chi connectivity index (χ1n) is 12.6. The van der Waals surface area contributed by atoms with Crippen LogP contribution in [0.15, 0.2) is 121 Å². The van der Waals surface area contributed by atoms with Gasteiger partial charge in [-0.05, 0) is 93.7 Å². The number of fused-ring (bicyclic) bond motifs is 2. The van der Waals surface area contributed by atoms with Crippen molar-refractivity contribution in [2.75, 3.05) is 0 Å². The molecular formula is C36H32. The van der Waals surface area contributed by atoms with Gasteiger partial charge in [-0.2, -0.15) is 0 Å². The van der Waals surface area contributed by atoms with E-state index < -0.39 is 0 Å². The van der Waals surface area contributed by atoms with Crippen molar-refractivity contribution in [3.8, 4) is 22.3 Å². The second kappa shape index (κ2) is 10.2. The van der Waals surface area contributed by atoms with E-state index in [4.69, 9.17) is 0 Å². The molecule has 176 valence electrons. The summed E-state index contributed by atoms with van der Waals surface area (Å²) in [6.07, 6.45) is 0. The maximum absolute atomic E-state index is 2.24. The van der Waals surface area contributed by atoms with Crippen LogP contribution in [0.2, 0.25) is 0 Å². The van der Waals surface area contributed by atoms with E-state index in [9.17, 15) is 0 Å². The van der Waals surface area contributed by atoms with Crippen LogP contribution in [0.3, 0.4) is 0 Å². The number of benzene rings is 6. The van der Waals surface area contributed by atoms with Gasteiger partial charge in [-0.3, -0.25) is 0 Å². The molecule has 0 saturated carbocycles. The molecule has 6 aromatic carbocycles. The Balaban J connectivity index is 0.000000165. The van der Waals surface area contributed by atoms with Gasteiger partial charge in [0.1, 0.15) is 0 Å².